The normalized spacial score (nSPS) is 11.1. The minimum Gasteiger partial charge on any atom is -0.490 e. The van der Waals surface area contributed by atoms with Crippen LogP contribution in [-0.4, -0.2) is 98.1 Å². The monoisotopic (exact) mass is 1360 g/mol. The third kappa shape index (κ3) is 22.0. The Kier molecular flexibility index (Phi) is 25.8. The molecule has 0 spiro atoms. The number of sulfonamides is 3. The van der Waals surface area contributed by atoms with Gasteiger partial charge in [0.1, 0.15) is 85.1 Å². The van der Waals surface area contributed by atoms with Crippen molar-refractivity contribution in [3.8, 4) is 40.6 Å². The van der Waals surface area contributed by atoms with E-state index >= 15 is 0 Å². The zero-order valence-corrected chi connectivity index (χ0v) is 55.0. The largest absolute Gasteiger partial charge is 0.490 e. The lowest BCUT2D eigenvalue weighted by atomic mass is 9.82. The van der Waals surface area contributed by atoms with Crippen LogP contribution in [0.2, 0.25) is 0 Å². The van der Waals surface area contributed by atoms with E-state index in [9.17, 15) is 39.6 Å². The van der Waals surface area contributed by atoms with Gasteiger partial charge in [-0.05, 0) is 211 Å². The van der Waals surface area contributed by atoms with Gasteiger partial charge in [0.2, 0.25) is 0 Å². The number of ether oxygens (including phenoxy) is 6. The lowest BCUT2D eigenvalue weighted by molar-refractivity contribution is 0.0686. The first-order valence-electron chi connectivity index (χ1n) is 29.7. The van der Waals surface area contributed by atoms with Crippen molar-refractivity contribution in [2.75, 3.05) is 53.8 Å². The fraction of sp³-hybridized carbons (Fsp3) is 0.183. The van der Waals surface area contributed by atoms with Gasteiger partial charge >= 0.3 is 17.9 Å². The maximum absolute atomic E-state index is 12.7. The molecular weight excluding hydrogens is 1290 g/mol. The van der Waals surface area contributed by atoms with E-state index in [0.717, 1.165) is 24.0 Å². The van der Waals surface area contributed by atoms with Crippen molar-refractivity contribution < 1.29 is 83.4 Å². The van der Waals surface area contributed by atoms with Gasteiger partial charge in [-0.15, -0.1) is 0 Å². The molecule has 0 atom stereocenters. The fourth-order valence-electron chi connectivity index (χ4n) is 8.52. The average molecular weight is 1360 g/mol. The highest BCUT2D eigenvalue weighted by molar-refractivity contribution is 7.93. The van der Waals surface area contributed by atoms with Gasteiger partial charge < -0.3 is 43.7 Å². The third-order valence-corrected chi connectivity index (χ3v) is 18.5. The Balaban J connectivity index is 0.000000203. The molecule has 0 saturated heterocycles. The zero-order valence-electron chi connectivity index (χ0n) is 52.6. The van der Waals surface area contributed by atoms with E-state index in [2.05, 4.69) is 34.9 Å². The number of anilines is 3. The SMILES string of the molecule is CCC(C)(C)c1ccc(S(=O)(=O)Nc2ccc(OCCOc3ccc(C(=O)O)cc3)cc2)cc1.CCc1ccc(S(=O)(=O)Nc2ccc(OCCOc3ccc(C(=O)O)cc3)cc2)cc1.N#Cc1ccccc1S(=O)(=O)Nc1ccc(OCCOc2ccc(C(=O)O)cc2)cc1. The Morgan fingerprint density at radius 3 is 0.958 bits per heavy atom. The summed E-state index contributed by atoms with van der Waals surface area (Å²) in [6.07, 6.45) is 1.80. The van der Waals surface area contributed by atoms with Crippen molar-refractivity contribution in [1.82, 2.24) is 0 Å². The number of rotatable bonds is 30. The Morgan fingerprint density at radius 1 is 0.396 bits per heavy atom. The van der Waals surface area contributed by atoms with Gasteiger partial charge in [-0.3, -0.25) is 14.2 Å². The highest BCUT2D eigenvalue weighted by Crippen LogP contribution is 2.29. The number of aryl methyl sites for hydroxylation is 1. The molecule has 0 saturated carbocycles. The second-order valence-electron chi connectivity index (χ2n) is 21.3. The average Bonchev–Trinajstić information content (AvgIpc) is 0.848. The quantitative estimate of drug-likeness (QED) is 0.0228. The molecule has 0 radical (unpaired) electrons. The molecule has 0 aliphatic rings. The molecule has 9 aromatic rings. The summed E-state index contributed by atoms with van der Waals surface area (Å²) in [5.74, 6) is 0.287. The first kappa shape index (κ1) is 72.4. The molecule has 9 rings (SSSR count). The number of carbonyl (C=O) groups is 3. The smallest absolute Gasteiger partial charge is 0.335 e. The van der Waals surface area contributed by atoms with Crippen molar-refractivity contribution in [2.45, 2.75) is 60.6 Å². The standard InChI is InChI=1S/C26H29NO6S.C23H23NO6S.C22H18N2O6S/c1-4-26(2,3)20-7-15-24(16-8-20)34(30,31)27-21-9-13-23(14-10-21)33-18-17-32-22-11-5-19(6-12-22)25(28)29;1-2-17-3-13-22(14-4-17)31(27,28)24-19-7-11-21(12-8-19)30-16-15-29-20-9-5-18(6-10-20)23(25)26;23-15-17-3-1-2-4-21(17)31(27,28)24-18-7-11-20(12-8-18)30-14-13-29-19-9-5-16(6-10-19)22(25)26/h5-16,27H,4,17-18H2,1-3H3,(H,28,29);3-14,24H,2,15-16H2,1H3,(H,25,26);1-12,24H,13-14H2,(H,25,26). The molecule has 0 aliphatic carbocycles. The molecule has 0 bridgehead atoms. The highest BCUT2D eigenvalue weighted by Gasteiger charge is 2.22. The third-order valence-electron chi connectivity index (χ3n) is 14.3. The number of nitriles is 1. The van der Waals surface area contributed by atoms with E-state index in [1.807, 2.05) is 25.1 Å². The number of carboxylic acids is 3. The van der Waals surface area contributed by atoms with E-state index in [-0.39, 0.29) is 82.0 Å². The zero-order chi connectivity index (χ0) is 69.3. The number of hydrogen-bond acceptors (Lipinski definition) is 16. The predicted molar refractivity (Wildman–Crippen MR) is 362 cm³/mol. The molecule has 25 heteroatoms. The van der Waals surface area contributed by atoms with Crippen LogP contribution in [0.1, 0.15) is 81.9 Å². The summed E-state index contributed by atoms with van der Waals surface area (Å²) in [6.45, 7) is 9.94. The summed E-state index contributed by atoms with van der Waals surface area (Å²) >= 11 is 0. The summed E-state index contributed by atoms with van der Waals surface area (Å²) < 4.78 is 116. The number of nitrogens with zero attached hydrogens (tertiary/aromatic N) is 1. The lowest BCUT2D eigenvalue weighted by Gasteiger charge is -2.23. The number of nitrogens with one attached hydrogen (secondary N) is 3. The van der Waals surface area contributed by atoms with Crippen molar-refractivity contribution in [2.24, 2.45) is 0 Å². The fourth-order valence-corrected chi connectivity index (χ4v) is 11.9. The minimum absolute atomic E-state index is 0.0123. The Hall–Kier alpha value is -11.1. The van der Waals surface area contributed by atoms with Crippen LogP contribution in [0.3, 0.4) is 0 Å². The number of benzene rings is 9. The molecule has 500 valence electrons. The van der Waals surface area contributed by atoms with E-state index in [1.165, 1.54) is 48.5 Å². The van der Waals surface area contributed by atoms with Gasteiger partial charge in [-0.25, -0.2) is 39.6 Å². The van der Waals surface area contributed by atoms with Gasteiger partial charge in [0.15, 0.2) is 0 Å². The molecule has 0 amide bonds. The van der Waals surface area contributed by atoms with Crippen LogP contribution in [0.15, 0.2) is 233 Å². The molecule has 0 heterocycles. The summed E-state index contributed by atoms with van der Waals surface area (Å²) in [5, 5.41) is 35.7. The topological polar surface area (TPSA) is 330 Å². The minimum atomic E-state index is -3.90. The van der Waals surface area contributed by atoms with Gasteiger partial charge in [-0.2, -0.15) is 5.26 Å². The molecule has 0 aliphatic heterocycles. The first-order valence-corrected chi connectivity index (χ1v) is 34.2. The Morgan fingerprint density at radius 2 is 0.677 bits per heavy atom. The van der Waals surface area contributed by atoms with Crippen LogP contribution in [0.4, 0.5) is 17.1 Å². The van der Waals surface area contributed by atoms with Crippen LogP contribution in [0.5, 0.6) is 34.5 Å². The summed E-state index contributed by atoms with van der Waals surface area (Å²) in [6, 6.07) is 59.3. The summed E-state index contributed by atoms with van der Waals surface area (Å²) in [5.41, 5.74) is 3.97. The van der Waals surface area contributed by atoms with Gasteiger partial charge in [0.25, 0.3) is 30.1 Å². The van der Waals surface area contributed by atoms with Gasteiger partial charge in [0, 0.05) is 17.1 Å². The van der Waals surface area contributed by atoms with E-state index in [0.29, 0.717) is 51.6 Å². The van der Waals surface area contributed by atoms with Crippen molar-refractivity contribution in [1.29, 1.82) is 5.26 Å². The van der Waals surface area contributed by atoms with Crippen molar-refractivity contribution >= 4 is 65.0 Å². The molecule has 9 aromatic carbocycles. The molecule has 0 aromatic heterocycles. The van der Waals surface area contributed by atoms with Crippen molar-refractivity contribution in [3.05, 3.63) is 252 Å². The van der Waals surface area contributed by atoms with Crippen LogP contribution >= 0.6 is 0 Å². The van der Waals surface area contributed by atoms with Crippen LogP contribution in [-0.2, 0) is 41.9 Å². The van der Waals surface area contributed by atoms with Crippen LogP contribution in [0.25, 0.3) is 0 Å². The van der Waals surface area contributed by atoms with E-state index in [4.69, 9.17) is 49.0 Å². The maximum atomic E-state index is 12.7. The van der Waals surface area contributed by atoms with Crippen LogP contribution < -0.4 is 42.6 Å². The molecule has 0 unspecified atom stereocenters. The predicted octanol–water partition coefficient (Wildman–Crippen LogP) is 13.1. The number of aromatic carboxylic acids is 3. The van der Waals surface area contributed by atoms with Gasteiger partial charge in [0.05, 0.1) is 32.0 Å². The second-order valence-corrected chi connectivity index (χ2v) is 26.4. The first-order chi connectivity index (χ1) is 45.9. The lowest BCUT2D eigenvalue weighted by Crippen LogP contribution is -2.17. The molecule has 22 nitrogen and oxygen atoms in total. The summed E-state index contributed by atoms with van der Waals surface area (Å²) in [7, 11) is -11.3. The number of carboxylic acid groups (broad SMARTS) is 3. The van der Waals surface area contributed by atoms with Crippen LogP contribution in [0, 0.1) is 11.3 Å². The Bertz CT molecular complexity index is 4420. The molecular formula is C71H70N4O18S3. The molecule has 0 fully saturated rings. The highest BCUT2D eigenvalue weighted by atomic mass is 32.2. The molecule has 96 heavy (non-hydrogen) atoms. The van der Waals surface area contributed by atoms with Crippen molar-refractivity contribution in [3.63, 3.8) is 0 Å². The van der Waals surface area contributed by atoms with E-state index in [1.54, 1.807) is 158 Å². The second kappa shape index (κ2) is 34.2. The Labute approximate surface area is 557 Å². The maximum Gasteiger partial charge on any atom is 0.335 e. The summed E-state index contributed by atoms with van der Waals surface area (Å²) in [4.78, 5) is 32.8. The van der Waals surface area contributed by atoms with E-state index < -0.39 is 48.0 Å². The van der Waals surface area contributed by atoms with Gasteiger partial charge in [-0.1, -0.05) is 64.1 Å². The molecule has 6 N–H and O–H groups in total. The number of hydrogen-bond donors (Lipinski definition) is 6.